The van der Waals surface area contributed by atoms with E-state index in [1.54, 1.807) is 16.7 Å². The predicted molar refractivity (Wildman–Crippen MR) is 71.0 cm³/mol. The molecule has 17 heavy (non-hydrogen) atoms. The van der Waals surface area contributed by atoms with E-state index in [2.05, 4.69) is 5.32 Å². The van der Waals surface area contributed by atoms with E-state index in [4.69, 9.17) is 0 Å². The van der Waals surface area contributed by atoms with Gasteiger partial charge in [0.2, 0.25) is 11.8 Å². The lowest BCUT2D eigenvalue weighted by Gasteiger charge is -2.44. The highest BCUT2D eigenvalue weighted by molar-refractivity contribution is 7.98. The summed E-state index contributed by atoms with van der Waals surface area (Å²) in [7, 11) is 0. The lowest BCUT2D eigenvalue weighted by molar-refractivity contribution is -0.155. The van der Waals surface area contributed by atoms with Gasteiger partial charge in [0.25, 0.3) is 0 Å². The molecule has 2 amide bonds. The summed E-state index contributed by atoms with van der Waals surface area (Å²) in [6, 6.07) is -0.343. The van der Waals surface area contributed by atoms with Crippen LogP contribution in [0.4, 0.5) is 0 Å². The molecule has 0 bridgehead atoms. The number of carbonyl (C=O) groups excluding carboxylic acids is 2. The monoisotopic (exact) mass is 258 g/mol. The zero-order valence-electron chi connectivity index (χ0n) is 11.1. The second-order valence-electron chi connectivity index (χ2n) is 4.83. The van der Waals surface area contributed by atoms with E-state index in [1.807, 2.05) is 27.0 Å². The normalized spacial score (nSPS) is 23.8. The van der Waals surface area contributed by atoms with Crippen LogP contribution in [0.15, 0.2) is 0 Å². The number of nitrogens with zero attached hydrogens (tertiary/aromatic N) is 1. The maximum absolute atomic E-state index is 12.2. The smallest absolute Gasteiger partial charge is 0.246 e. The first-order chi connectivity index (χ1) is 7.95. The maximum atomic E-state index is 12.2. The third-order valence-corrected chi connectivity index (χ3v) is 3.94. The van der Waals surface area contributed by atoms with Gasteiger partial charge in [-0.1, -0.05) is 6.92 Å². The van der Waals surface area contributed by atoms with Crippen LogP contribution in [0.2, 0.25) is 0 Å². The average Bonchev–Trinajstić information content (AvgIpc) is 2.28. The molecule has 0 spiro atoms. The minimum atomic E-state index is -0.721. The van der Waals surface area contributed by atoms with Crippen molar-refractivity contribution in [3.63, 3.8) is 0 Å². The first-order valence-electron chi connectivity index (χ1n) is 6.06. The summed E-state index contributed by atoms with van der Waals surface area (Å²) < 4.78 is 0. The van der Waals surface area contributed by atoms with Crippen LogP contribution in [0.25, 0.3) is 0 Å². The molecule has 1 atom stereocenters. The number of rotatable bonds is 5. The van der Waals surface area contributed by atoms with Gasteiger partial charge >= 0.3 is 0 Å². The van der Waals surface area contributed by atoms with Crippen LogP contribution in [0.1, 0.15) is 33.6 Å². The van der Waals surface area contributed by atoms with Crippen molar-refractivity contribution in [1.29, 1.82) is 0 Å². The van der Waals surface area contributed by atoms with Gasteiger partial charge in [0.1, 0.15) is 11.6 Å². The van der Waals surface area contributed by atoms with Gasteiger partial charge in [0.05, 0.1) is 0 Å². The summed E-state index contributed by atoms with van der Waals surface area (Å²) in [5, 5.41) is 2.79. The Morgan fingerprint density at radius 2 is 2.06 bits per heavy atom. The van der Waals surface area contributed by atoms with Gasteiger partial charge in [-0.25, -0.2) is 0 Å². The van der Waals surface area contributed by atoms with E-state index >= 15 is 0 Å². The number of carbonyl (C=O) groups is 2. The number of thioether (sulfide) groups is 1. The predicted octanol–water partition coefficient (Wildman–Crippen LogP) is 1.26. The number of piperazine rings is 1. The van der Waals surface area contributed by atoms with Crippen LogP contribution in [-0.4, -0.2) is 46.8 Å². The van der Waals surface area contributed by atoms with Crippen LogP contribution in [0.3, 0.4) is 0 Å². The van der Waals surface area contributed by atoms with E-state index in [0.29, 0.717) is 13.0 Å². The third-order valence-electron chi connectivity index (χ3n) is 3.24. The van der Waals surface area contributed by atoms with Crippen molar-refractivity contribution in [2.45, 2.75) is 45.2 Å². The average molecular weight is 258 g/mol. The van der Waals surface area contributed by atoms with E-state index in [9.17, 15) is 9.59 Å². The summed E-state index contributed by atoms with van der Waals surface area (Å²) in [4.78, 5) is 25.9. The topological polar surface area (TPSA) is 49.4 Å². The number of hydrogen-bond acceptors (Lipinski definition) is 3. The molecule has 0 saturated carbocycles. The Bertz CT molecular complexity index is 305. The zero-order valence-corrected chi connectivity index (χ0v) is 11.9. The maximum Gasteiger partial charge on any atom is 0.246 e. The van der Waals surface area contributed by atoms with Crippen molar-refractivity contribution in [3.05, 3.63) is 0 Å². The fourth-order valence-corrected chi connectivity index (χ4v) is 2.43. The largest absolute Gasteiger partial charge is 0.342 e. The highest BCUT2D eigenvalue weighted by atomic mass is 32.2. The van der Waals surface area contributed by atoms with Gasteiger partial charge < -0.3 is 10.2 Å². The van der Waals surface area contributed by atoms with E-state index in [-0.39, 0.29) is 17.9 Å². The lowest BCUT2D eigenvalue weighted by Crippen LogP contribution is -2.68. The van der Waals surface area contributed by atoms with Gasteiger partial charge in [-0.3, -0.25) is 9.59 Å². The second-order valence-corrected chi connectivity index (χ2v) is 5.82. The van der Waals surface area contributed by atoms with Crippen LogP contribution >= 0.6 is 11.8 Å². The van der Waals surface area contributed by atoms with Crippen LogP contribution < -0.4 is 5.32 Å². The molecule has 1 rings (SSSR count). The molecule has 0 aromatic rings. The first kappa shape index (κ1) is 14.4. The summed E-state index contributed by atoms with van der Waals surface area (Å²) in [6.07, 6.45) is 3.63. The molecule has 1 aliphatic heterocycles. The Labute approximate surface area is 108 Å². The molecule has 1 saturated heterocycles. The molecule has 0 aliphatic carbocycles. The summed E-state index contributed by atoms with van der Waals surface area (Å²) in [5.74, 6) is 1.02. The minimum Gasteiger partial charge on any atom is -0.342 e. The van der Waals surface area contributed by atoms with Crippen LogP contribution in [-0.2, 0) is 9.59 Å². The molecule has 1 unspecified atom stereocenters. The molecule has 0 radical (unpaired) electrons. The third kappa shape index (κ3) is 2.94. The van der Waals surface area contributed by atoms with Gasteiger partial charge in [-0.05, 0) is 38.7 Å². The molecule has 4 nitrogen and oxygen atoms in total. The van der Waals surface area contributed by atoms with Crippen molar-refractivity contribution in [2.75, 3.05) is 18.6 Å². The quantitative estimate of drug-likeness (QED) is 0.755. The van der Waals surface area contributed by atoms with Crippen LogP contribution in [0.5, 0.6) is 0 Å². The molecule has 1 aliphatic rings. The zero-order chi connectivity index (χ0) is 13.1. The highest BCUT2D eigenvalue weighted by Gasteiger charge is 2.45. The molecule has 1 fully saturated rings. The fraction of sp³-hybridized carbons (Fsp3) is 0.833. The first-order valence-corrected chi connectivity index (χ1v) is 7.46. The Balaban J connectivity index is 2.79. The molecular weight excluding hydrogens is 236 g/mol. The molecule has 1 N–H and O–H groups in total. The summed E-state index contributed by atoms with van der Waals surface area (Å²) in [5.41, 5.74) is -0.721. The van der Waals surface area contributed by atoms with Crippen LogP contribution in [0, 0.1) is 0 Å². The van der Waals surface area contributed by atoms with Gasteiger partial charge in [0.15, 0.2) is 0 Å². The van der Waals surface area contributed by atoms with Gasteiger partial charge in [0, 0.05) is 6.54 Å². The fourth-order valence-electron chi connectivity index (χ4n) is 2.02. The molecule has 98 valence electrons. The molecule has 0 aromatic carbocycles. The highest BCUT2D eigenvalue weighted by Crippen LogP contribution is 2.22. The van der Waals surface area contributed by atoms with Crippen molar-refractivity contribution in [3.8, 4) is 0 Å². The van der Waals surface area contributed by atoms with E-state index < -0.39 is 5.54 Å². The molecule has 0 aromatic heterocycles. The van der Waals surface area contributed by atoms with Crippen molar-refractivity contribution in [2.24, 2.45) is 0 Å². The van der Waals surface area contributed by atoms with Crippen molar-refractivity contribution in [1.82, 2.24) is 10.2 Å². The van der Waals surface area contributed by atoms with Crippen molar-refractivity contribution >= 4 is 23.6 Å². The Hall–Kier alpha value is -0.710. The molecule has 1 heterocycles. The van der Waals surface area contributed by atoms with E-state index in [1.165, 1.54) is 0 Å². The number of nitrogens with one attached hydrogen (secondary N) is 1. The lowest BCUT2D eigenvalue weighted by atomic mass is 9.94. The minimum absolute atomic E-state index is 0.0481. The van der Waals surface area contributed by atoms with Gasteiger partial charge in [-0.15, -0.1) is 0 Å². The standard InChI is InChI=1S/C12H22N2O2S/c1-5-9-10(15)14(7-6-8-17-4)12(2,3)11(16)13-9/h9H,5-8H2,1-4H3,(H,13,16). The van der Waals surface area contributed by atoms with E-state index in [0.717, 1.165) is 12.2 Å². The SMILES string of the molecule is CCC1NC(=O)C(C)(C)N(CCCSC)C1=O. The van der Waals surface area contributed by atoms with Crippen molar-refractivity contribution < 1.29 is 9.59 Å². The Morgan fingerprint density at radius 3 is 2.59 bits per heavy atom. The Morgan fingerprint density at radius 1 is 1.41 bits per heavy atom. The summed E-state index contributed by atoms with van der Waals surface area (Å²) in [6.45, 7) is 6.20. The Kier molecular flexibility index (Phi) is 4.86. The second kappa shape index (κ2) is 5.76. The summed E-state index contributed by atoms with van der Waals surface area (Å²) >= 11 is 1.76. The molecule has 5 heteroatoms. The molecular formula is C12H22N2O2S. The number of amides is 2. The number of hydrogen-bond donors (Lipinski definition) is 1. The van der Waals surface area contributed by atoms with Gasteiger partial charge in [-0.2, -0.15) is 11.8 Å².